The fourth-order valence-electron chi connectivity index (χ4n) is 1.56. The van der Waals surface area contributed by atoms with Crippen molar-refractivity contribution in [2.45, 2.75) is 32.1 Å². The van der Waals surface area contributed by atoms with Crippen LogP contribution >= 0.6 is 27.7 Å². The molecule has 0 fully saturated rings. The summed E-state index contributed by atoms with van der Waals surface area (Å²) in [5, 5.41) is 8.85. The second kappa shape index (κ2) is 7.22. The number of carbonyl (C=O) groups excluding carboxylic acids is 1. The molecule has 3 nitrogen and oxygen atoms in total. The highest BCUT2D eigenvalue weighted by atomic mass is 79.9. The molecular formula is C14H16BrFO3S. The van der Waals surface area contributed by atoms with Crippen molar-refractivity contribution in [1.29, 1.82) is 0 Å². The van der Waals surface area contributed by atoms with Gasteiger partial charge in [-0.25, -0.2) is 9.18 Å². The molecule has 0 aromatic heterocycles. The van der Waals surface area contributed by atoms with Crippen molar-refractivity contribution in [2.75, 3.05) is 0 Å². The number of hydrogen-bond acceptors (Lipinski definition) is 3. The number of thioether (sulfide) groups is 1. The molecule has 0 saturated carbocycles. The molecule has 0 aliphatic rings. The zero-order valence-corrected chi connectivity index (χ0v) is 13.8. The van der Waals surface area contributed by atoms with Crippen LogP contribution in [-0.2, 0) is 4.79 Å². The van der Waals surface area contributed by atoms with Gasteiger partial charge in [-0.15, -0.1) is 0 Å². The number of carboxylic acids is 1. The van der Waals surface area contributed by atoms with Crippen LogP contribution in [0.25, 0.3) is 0 Å². The van der Waals surface area contributed by atoms with E-state index in [1.54, 1.807) is 0 Å². The molecule has 6 heteroatoms. The number of aromatic carboxylic acids is 1. The van der Waals surface area contributed by atoms with Crippen LogP contribution in [0.15, 0.2) is 21.5 Å². The molecule has 1 aromatic carbocycles. The Kier molecular flexibility index (Phi) is 6.20. The molecule has 1 aromatic rings. The highest BCUT2D eigenvalue weighted by molar-refractivity contribution is 9.10. The quantitative estimate of drug-likeness (QED) is 0.778. The van der Waals surface area contributed by atoms with E-state index in [0.29, 0.717) is 9.37 Å². The van der Waals surface area contributed by atoms with Crippen molar-refractivity contribution in [1.82, 2.24) is 0 Å². The van der Waals surface area contributed by atoms with Gasteiger partial charge < -0.3 is 5.11 Å². The molecule has 2 atom stereocenters. The second-order valence-electron chi connectivity index (χ2n) is 4.66. The third-order valence-corrected chi connectivity index (χ3v) is 5.38. The van der Waals surface area contributed by atoms with E-state index in [1.807, 2.05) is 20.8 Å². The van der Waals surface area contributed by atoms with Gasteiger partial charge in [-0.1, -0.05) is 39.0 Å². The molecular weight excluding hydrogens is 347 g/mol. The normalized spacial score (nSPS) is 13.8. The van der Waals surface area contributed by atoms with Crippen molar-refractivity contribution in [3.63, 3.8) is 0 Å². The minimum atomic E-state index is -1.35. The minimum absolute atomic E-state index is 0.0528. The van der Waals surface area contributed by atoms with E-state index in [1.165, 1.54) is 6.07 Å². The van der Waals surface area contributed by atoms with Crippen molar-refractivity contribution < 1.29 is 19.1 Å². The number of carbonyl (C=O) groups is 2. The Bertz CT molecular complexity index is 533. The fourth-order valence-corrected chi connectivity index (χ4v) is 3.08. The predicted octanol–water partition coefficient (Wildman–Crippen LogP) is 4.59. The summed E-state index contributed by atoms with van der Waals surface area (Å²) >= 11 is 4.10. The lowest BCUT2D eigenvalue weighted by Gasteiger charge is -2.16. The van der Waals surface area contributed by atoms with Gasteiger partial charge in [0.25, 0.3) is 0 Å². The Balaban J connectivity index is 3.01. The standard InChI is InChI=1S/C14H16BrFO3S/c1-4-7(2)8(3)14(19)20-12-5-9(13(17)18)11(16)6-10(12)15/h5-8H,4H2,1-3H3,(H,17,18). The maximum atomic E-state index is 13.5. The van der Waals surface area contributed by atoms with E-state index in [-0.39, 0.29) is 17.0 Å². The molecule has 110 valence electrons. The molecule has 0 saturated heterocycles. The van der Waals surface area contributed by atoms with Crippen LogP contribution in [0, 0.1) is 17.7 Å². The molecule has 1 rings (SSSR count). The highest BCUT2D eigenvalue weighted by Crippen LogP contribution is 2.34. The third kappa shape index (κ3) is 4.06. The Morgan fingerprint density at radius 2 is 2.00 bits per heavy atom. The van der Waals surface area contributed by atoms with Gasteiger partial charge in [0, 0.05) is 15.3 Å². The fraction of sp³-hybridized carbons (Fsp3) is 0.429. The van der Waals surface area contributed by atoms with Crippen molar-refractivity contribution in [3.05, 3.63) is 28.0 Å². The summed E-state index contributed by atoms with van der Waals surface area (Å²) < 4.78 is 13.8. The van der Waals surface area contributed by atoms with Crippen molar-refractivity contribution in [3.8, 4) is 0 Å². The summed E-state index contributed by atoms with van der Waals surface area (Å²) in [5.74, 6) is -2.07. The predicted molar refractivity (Wildman–Crippen MR) is 80.5 cm³/mol. The third-order valence-electron chi connectivity index (χ3n) is 3.33. The van der Waals surface area contributed by atoms with Gasteiger partial charge in [0.1, 0.15) is 5.82 Å². The number of carboxylic acid groups (broad SMARTS) is 1. The van der Waals surface area contributed by atoms with E-state index in [4.69, 9.17) is 5.11 Å². The van der Waals surface area contributed by atoms with Crippen LogP contribution in [0.5, 0.6) is 0 Å². The molecule has 20 heavy (non-hydrogen) atoms. The summed E-state index contributed by atoms with van der Waals surface area (Å²) in [6, 6.07) is 2.26. The topological polar surface area (TPSA) is 54.4 Å². The van der Waals surface area contributed by atoms with Gasteiger partial charge in [-0.2, -0.15) is 0 Å². The highest BCUT2D eigenvalue weighted by Gasteiger charge is 2.22. The van der Waals surface area contributed by atoms with Crippen LogP contribution in [0.2, 0.25) is 0 Å². The first-order valence-electron chi connectivity index (χ1n) is 6.21. The van der Waals surface area contributed by atoms with Crippen LogP contribution in [0.3, 0.4) is 0 Å². The maximum absolute atomic E-state index is 13.5. The van der Waals surface area contributed by atoms with Gasteiger partial charge in [0.2, 0.25) is 0 Å². The molecule has 2 unspecified atom stereocenters. The number of halogens is 2. The first kappa shape index (κ1) is 17.2. The smallest absolute Gasteiger partial charge is 0.338 e. The van der Waals surface area contributed by atoms with Gasteiger partial charge in [-0.05, 0) is 34.0 Å². The lowest BCUT2D eigenvalue weighted by molar-refractivity contribution is -0.115. The lowest BCUT2D eigenvalue weighted by Crippen LogP contribution is -2.15. The first-order chi connectivity index (χ1) is 9.27. The van der Waals surface area contributed by atoms with E-state index in [9.17, 15) is 14.0 Å². The van der Waals surface area contributed by atoms with Crippen LogP contribution in [0.1, 0.15) is 37.6 Å². The summed E-state index contributed by atoms with van der Waals surface area (Å²) in [7, 11) is 0. The molecule has 0 radical (unpaired) electrons. The summed E-state index contributed by atoms with van der Waals surface area (Å²) in [4.78, 5) is 23.5. The van der Waals surface area contributed by atoms with Gasteiger partial charge in [-0.3, -0.25) is 4.79 Å². The SMILES string of the molecule is CCC(C)C(C)C(=O)Sc1cc(C(=O)O)c(F)cc1Br. The number of benzene rings is 1. The van der Waals surface area contributed by atoms with Crippen LogP contribution in [0.4, 0.5) is 4.39 Å². The monoisotopic (exact) mass is 362 g/mol. The van der Waals surface area contributed by atoms with E-state index >= 15 is 0 Å². The summed E-state index contributed by atoms with van der Waals surface area (Å²) in [6.45, 7) is 5.85. The number of hydrogen-bond donors (Lipinski definition) is 1. The first-order valence-corrected chi connectivity index (χ1v) is 7.82. The molecule has 1 N–H and O–H groups in total. The molecule has 0 bridgehead atoms. The number of rotatable bonds is 5. The molecule has 0 spiro atoms. The average molecular weight is 363 g/mol. The van der Waals surface area contributed by atoms with Gasteiger partial charge >= 0.3 is 5.97 Å². The zero-order valence-electron chi connectivity index (χ0n) is 11.4. The largest absolute Gasteiger partial charge is 0.478 e. The van der Waals surface area contributed by atoms with Crippen molar-refractivity contribution in [2.24, 2.45) is 11.8 Å². The van der Waals surface area contributed by atoms with E-state index in [0.717, 1.165) is 24.2 Å². The summed E-state index contributed by atoms with van der Waals surface area (Å²) in [5.41, 5.74) is -0.431. The molecule has 0 amide bonds. The lowest BCUT2D eigenvalue weighted by atomic mass is 9.95. The van der Waals surface area contributed by atoms with Crippen LogP contribution in [-0.4, -0.2) is 16.2 Å². The van der Waals surface area contributed by atoms with E-state index < -0.39 is 17.3 Å². The van der Waals surface area contributed by atoms with Gasteiger partial charge in [0.15, 0.2) is 5.12 Å². The Labute approximate surface area is 130 Å². The molecule has 0 aliphatic heterocycles. The Morgan fingerprint density at radius 3 is 2.50 bits per heavy atom. The molecule has 0 aliphatic carbocycles. The maximum Gasteiger partial charge on any atom is 0.338 e. The van der Waals surface area contributed by atoms with E-state index in [2.05, 4.69) is 15.9 Å². The van der Waals surface area contributed by atoms with Crippen LogP contribution < -0.4 is 0 Å². The van der Waals surface area contributed by atoms with Gasteiger partial charge in [0.05, 0.1) is 5.56 Å². The Morgan fingerprint density at radius 1 is 1.40 bits per heavy atom. The average Bonchev–Trinajstić information content (AvgIpc) is 2.39. The molecule has 0 heterocycles. The zero-order chi connectivity index (χ0) is 15.4. The Hall–Kier alpha value is -0.880. The summed E-state index contributed by atoms with van der Waals surface area (Å²) in [6.07, 6.45) is 0.887. The minimum Gasteiger partial charge on any atom is -0.478 e. The van der Waals surface area contributed by atoms with Crippen molar-refractivity contribution >= 4 is 38.8 Å². The second-order valence-corrected chi connectivity index (χ2v) is 6.56.